The molecule has 0 unspecified atom stereocenters. The summed E-state index contributed by atoms with van der Waals surface area (Å²) in [6.07, 6.45) is 0.0106. The summed E-state index contributed by atoms with van der Waals surface area (Å²) >= 11 is 0. The molecule has 0 saturated carbocycles. The number of ether oxygens (including phenoxy) is 2. The van der Waals surface area contributed by atoms with Gasteiger partial charge in [-0.05, 0) is 62.6 Å². The number of hydrogen-bond donors (Lipinski definition) is 2. The van der Waals surface area contributed by atoms with Gasteiger partial charge in [0.05, 0.1) is 11.3 Å². The third-order valence-electron chi connectivity index (χ3n) is 4.12. The number of rotatable bonds is 9. The van der Waals surface area contributed by atoms with E-state index in [-0.39, 0.29) is 11.8 Å². The van der Waals surface area contributed by atoms with Crippen LogP contribution in [0.1, 0.15) is 34.8 Å². The quantitative estimate of drug-likeness (QED) is 0.649. The van der Waals surface area contributed by atoms with E-state index in [9.17, 15) is 9.59 Å². The van der Waals surface area contributed by atoms with Crippen molar-refractivity contribution in [2.75, 3.05) is 25.6 Å². The number of hydrogen-bond acceptors (Lipinski definition) is 4. The van der Waals surface area contributed by atoms with Crippen LogP contribution in [0.5, 0.6) is 5.75 Å². The lowest BCUT2D eigenvalue weighted by Crippen LogP contribution is -2.32. The van der Waals surface area contributed by atoms with Gasteiger partial charge in [-0.3, -0.25) is 9.59 Å². The van der Waals surface area contributed by atoms with Gasteiger partial charge >= 0.3 is 0 Å². The van der Waals surface area contributed by atoms with Crippen LogP contribution in [0.15, 0.2) is 42.5 Å². The SMILES string of the molecule is COCCCNC(=O)c1ccccc1NC(=O)[C@H](C)Oc1cc(C)cc(C)c1. The zero-order valence-electron chi connectivity index (χ0n) is 16.9. The number of amides is 2. The molecule has 2 N–H and O–H groups in total. The van der Waals surface area contributed by atoms with Gasteiger partial charge in [0.15, 0.2) is 6.10 Å². The topological polar surface area (TPSA) is 76.7 Å². The summed E-state index contributed by atoms with van der Waals surface area (Å²) in [7, 11) is 1.62. The Morgan fingerprint density at radius 2 is 1.75 bits per heavy atom. The van der Waals surface area contributed by atoms with Gasteiger partial charge < -0.3 is 20.1 Å². The molecule has 0 aromatic heterocycles. The van der Waals surface area contributed by atoms with Crippen molar-refractivity contribution in [2.24, 2.45) is 0 Å². The zero-order chi connectivity index (χ0) is 20.5. The van der Waals surface area contributed by atoms with Crippen molar-refractivity contribution in [3.63, 3.8) is 0 Å². The highest BCUT2D eigenvalue weighted by Gasteiger charge is 2.18. The maximum absolute atomic E-state index is 12.6. The Hall–Kier alpha value is -2.86. The first-order valence-corrected chi connectivity index (χ1v) is 9.32. The van der Waals surface area contributed by atoms with E-state index in [1.807, 2.05) is 32.0 Å². The minimum absolute atomic E-state index is 0.241. The van der Waals surface area contributed by atoms with Crippen LogP contribution >= 0.6 is 0 Å². The second kappa shape index (κ2) is 10.5. The number of nitrogens with one attached hydrogen (secondary N) is 2. The van der Waals surface area contributed by atoms with Crippen molar-refractivity contribution in [1.29, 1.82) is 0 Å². The molecule has 0 heterocycles. The van der Waals surface area contributed by atoms with Gasteiger partial charge in [-0.2, -0.15) is 0 Å². The smallest absolute Gasteiger partial charge is 0.265 e. The molecule has 1 atom stereocenters. The molecule has 2 aromatic rings. The fourth-order valence-electron chi connectivity index (χ4n) is 2.80. The zero-order valence-corrected chi connectivity index (χ0v) is 16.9. The predicted molar refractivity (Wildman–Crippen MR) is 110 cm³/mol. The largest absolute Gasteiger partial charge is 0.481 e. The Bertz CT molecular complexity index is 800. The van der Waals surface area contributed by atoms with E-state index in [2.05, 4.69) is 10.6 Å². The Balaban J connectivity index is 2.02. The van der Waals surface area contributed by atoms with Crippen molar-refractivity contribution < 1.29 is 19.1 Å². The first kappa shape index (κ1) is 21.4. The summed E-state index contributed by atoms with van der Waals surface area (Å²) in [5.41, 5.74) is 3.00. The Kier molecular flexibility index (Phi) is 8.02. The third kappa shape index (κ3) is 6.39. The maximum atomic E-state index is 12.6. The normalized spacial score (nSPS) is 11.6. The molecule has 0 spiro atoms. The predicted octanol–water partition coefficient (Wildman–Crippen LogP) is 3.48. The summed E-state index contributed by atoms with van der Waals surface area (Å²) in [6, 6.07) is 12.7. The van der Waals surface area contributed by atoms with Crippen molar-refractivity contribution in [1.82, 2.24) is 5.32 Å². The number of anilines is 1. The molecule has 0 radical (unpaired) electrons. The van der Waals surface area contributed by atoms with Gasteiger partial charge in [-0.1, -0.05) is 18.2 Å². The Morgan fingerprint density at radius 3 is 2.43 bits per heavy atom. The number of para-hydroxylation sites is 1. The lowest BCUT2D eigenvalue weighted by Gasteiger charge is -2.17. The third-order valence-corrected chi connectivity index (χ3v) is 4.12. The van der Waals surface area contributed by atoms with Crippen LogP contribution in [0.4, 0.5) is 5.69 Å². The number of methoxy groups -OCH3 is 1. The fraction of sp³-hybridized carbons (Fsp3) is 0.364. The van der Waals surface area contributed by atoms with Crippen LogP contribution in [0, 0.1) is 13.8 Å². The van der Waals surface area contributed by atoms with E-state index in [0.29, 0.717) is 30.2 Å². The number of carbonyl (C=O) groups excluding carboxylic acids is 2. The number of aryl methyl sites for hydroxylation is 2. The molecular formula is C22H28N2O4. The second-order valence-corrected chi connectivity index (χ2v) is 6.72. The van der Waals surface area contributed by atoms with Crippen LogP contribution in [-0.4, -0.2) is 38.2 Å². The van der Waals surface area contributed by atoms with E-state index < -0.39 is 6.10 Å². The summed E-state index contributed by atoms with van der Waals surface area (Å²) in [5.74, 6) is 0.0815. The molecule has 0 aliphatic heterocycles. The molecule has 0 fully saturated rings. The molecular weight excluding hydrogens is 356 g/mol. The lowest BCUT2D eigenvalue weighted by atomic mass is 10.1. The molecule has 0 bridgehead atoms. The molecule has 2 aromatic carbocycles. The van der Waals surface area contributed by atoms with Crippen LogP contribution < -0.4 is 15.4 Å². The van der Waals surface area contributed by atoms with Crippen LogP contribution in [0.3, 0.4) is 0 Å². The molecule has 2 amide bonds. The van der Waals surface area contributed by atoms with Gasteiger partial charge in [0.25, 0.3) is 11.8 Å². The summed E-state index contributed by atoms with van der Waals surface area (Å²) in [6.45, 7) is 6.71. The lowest BCUT2D eigenvalue weighted by molar-refractivity contribution is -0.122. The summed E-state index contributed by atoms with van der Waals surface area (Å²) < 4.78 is 10.7. The Labute approximate surface area is 166 Å². The molecule has 0 aliphatic carbocycles. The molecule has 2 rings (SSSR count). The van der Waals surface area contributed by atoms with Gasteiger partial charge in [0.1, 0.15) is 5.75 Å². The molecule has 150 valence electrons. The van der Waals surface area contributed by atoms with E-state index in [0.717, 1.165) is 17.5 Å². The first-order chi connectivity index (χ1) is 13.4. The minimum Gasteiger partial charge on any atom is -0.481 e. The van der Waals surface area contributed by atoms with Crippen molar-refractivity contribution in [3.05, 3.63) is 59.2 Å². The Morgan fingerprint density at radius 1 is 1.07 bits per heavy atom. The van der Waals surface area contributed by atoms with E-state index in [4.69, 9.17) is 9.47 Å². The first-order valence-electron chi connectivity index (χ1n) is 9.32. The monoisotopic (exact) mass is 384 g/mol. The minimum atomic E-state index is -0.709. The highest BCUT2D eigenvalue weighted by atomic mass is 16.5. The standard InChI is InChI=1S/C22H28N2O4/c1-15-12-16(2)14-18(13-15)28-17(3)21(25)24-20-9-6-5-8-19(20)22(26)23-10-7-11-27-4/h5-6,8-9,12-14,17H,7,10-11H2,1-4H3,(H,23,26)(H,24,25)/t17-/m0/s1. The molecule has 0 saturated heterocycles. The van der Waals surface area contributed by atoms with Crippen LogP contribution in [-0.2, 0) is 9.53 Å². The van der Waals surface area contributed by atoms with Crippen molar-refractivity contribution in [2.45, 2.75) is 33.3 Å². The van der Waals surface area contributed by atoms with E-state index in [1.54, 1.807) is 38.3 Å². The molecule has 0 aliphatic rings. The van der Waals surface area contributed by atoms with E-state index >= 15 is 0 Å². The fourth-order valence-corrected chi connectivity index (χ4v) is 2.80. The summed E-state index contributed by atoms with van der Waals surface area (Å²) in [5, 5.41) is 5.62. The van der Waals surface area contributed by atoms with Gasteiger partial charge in [-0.15, -0.1) is 0 Å². The average molecular weight is 384 g/mol. The van der Waals surface area contributed by atoms with Crippen molar-refractivity contribution in [3.8, 4) is 5.75 Å². The average Bonchev–Trinajstić information content (AvgIpc) is 2.64. The highest BCUT2D eigenvalue weighted by molar-refractivity contribution is 6.04. The van der Waals surface area contributed by atoms with Crippen LogP contribution in [0.25, 0.3) is 0 Å². The summed E-state index contributed by atoms with van der Waals surface area (Å²) in [4.78, 5) is 25.0. The molecule has 6 nitrogen and oxygen atoms in total. The van der Waals surface area contributed by atoms with Crippen molar-refractivity contribution >= 4 is 17.5 Å². The molecule has 6 heteroatoms. The number of benzene rings is 2. The van der Waals surface area contributed by atoms with Crippen LogP contribution in [0.2, 0.25) is 0 Å². The van der Waals surface area contributed by atoms with E-state index in [1.165, 1.54) is 0 Å². The second-order valence-electron chi connectivity index (χ2n) is 6.72. The van der Waals surface area contributed by atoms with Gasteiger partial charge in [0, 0.05) is 20.3 Å². The number of carbonyl (C=O) groups is 2. The van der Waals surface area contributed by atoms with Gasteiger partial charge in [-0.25, -0.2) is 0 Å². The highest BCUT2D eigenvalue weighted by Crippen LogP contribution is 2.19. The maximum Gasteiger partial charge on any atom is 0.265 e. The van der Waals surface area contributed by atoms with Gasteiger partial charge in [0.2, 0.25) is 0 Å². The molecule has 28 heavy (non-hydrogen) atoms.